The number of nitrogens with zero attached hydrogens (tertiary/aromatic N) is 1. The van der Waals surface area contributed by atoms with Crippen molar-refractivity contribution in [2.45, 2.75) is 53.1 Å². The SMILES string of the molecule is CC(C)C1CCN(C(=O)OC(C)(C)C)CC1. The molecule has 0 aliphatic carbocycles. The van der Waals surface area contributed by atoms with E-state index in [1.807, 2.05) is 25.7 Å². The van der Waals surface area contributed by atoms with Gasteiger partial charge < -0.3 is 9.64 Å². The van der Waals surface area contributed by atoms with Crippen LogP contribution in [0.5, 0.6) is 0 Å². The van der Waals surface area contributed by atoms with Gasteiger partial charge >= 0.3 is 6.09 Å². The van der Waals surface area contributed by atoms with Crippen LogP contribution in [-0.2, 0) is 4.74 Å². The number of carbonyl (C=O) groups is 1. The zero-order chi connectivity index (χ0) is 12.3. The molecular formula is C13H25NO2. The number of rotatable bonds is 1. The Hall–Kier alpha value is -0.730. The second-order valence-corrected chi connectivity index (χ2v) is 6.05. The number of piperidine rings is 1. The van der Waals surface area contributed by atoms with Crippen molar-refractivity contribution in [3.05, 3.63) is 0 Å². The van der Waals surface area contributed by atoms with Crippen molar-refractivity contribution in [3.8, 4) is 0 Å². The quantitative estimate of drug-likeness (QED) is 0.688. The largest absolute Gasteiger partial charge is 0.444 e. The van der Waals surface area contributed by atoms with Crippen LogP contribution in [-0.4, -0.2) is 29.7 Å². The lowest BCUT2D eigenvalue weighted by Crippen LogP contribution is -2.42. The fourth-order valence-electron chi connectivity index (χ4n) is 2.08. The first kappa shape index (κ1) is 13.3. The van der Waals surface area contributed by atoms with Gasteiger partial charge in [-0.15, -0.1) is 0 Å². The van der Waals surface area contributed by atoms with Gasteiger partial charge in [0.25, 0.3) is 0 Å². The van der Waals surface area contributed by atoms with Crippen LogP contribution in [0.3, 0.4) is 0 Å². The Morgan fingerprint density at radius 1 is 1.25 bits per heavy atom. The predicted octanol–water partition coefficient (Wildman–Crippen LogP) is 3.29. The summed E-state index contributed by atoms with van der Waals surface area (Å²) in [5.41, 5.74) is -0.383. The zero-order valence-corrected chi connectivity index (χ0v) is 11.2. The third-order valence-corrected chi connectivity index (χ3v) is 3.13. The van der Waals surface area contributed by atoms with Gasteiger partial charge in [-0.05, 0) is 45.4 Å². The molecule has 1 fully saturated rings. The highest BCUT2D eigenvalue weighted by Crippen LogP contribution is 2.25. The van der Waals surface area contributed by atoms with Gasteiger partial charge in [0, 0.05) is 13.1 Å². The summed E-state index contributed by atoms with van der Waals surface area (Å²) in [7, 11) is 0. The number of likely N-dealkylation sites (tertiary alicyclic amines) is 1. The Balaban J connectivity index is 2.39. The van der Waals surface area contributed by atoms with Crippen LogP contribution >= 0.6 is 0 Å². The number of amides is 1. The molecule has 0 aromatic carbocycles. The minimum atomic E-state index is -0.383. The highest BCUT2D eigenvalue weighted by Gasteiger charge is 2.27. The molecule has 0 bridgehead atoms. The van der Waals surface area contributed by atoms with E-state index in [1.165, 1.54) is 0 Å². The van der Waals surface area contributed by atoms with Gasteiger partial charge in [-0.25, -0.2) is 4.79 Å². The Morgan fingerprint density at radius 2 is 1.75 bits per heavy atom. The van der Waals surface area contributed by atoms with Gasteiger partial charge in [0.2, 0.25) is 0 Å². The van der Waals surface area contributed by atoms with Crippen molar-refractivity contribution in [1.82, 2.24) is 4.90 Å². The van der Waals surface area contributed by atoms with Crippen LogP contribution < -0.4 is 0 Å². The Labute approximate surface area is 99.1 Å². The van der Waals surface area contributed by atoms with Gasteiger partial charge in [-0.2, -0.15) is 0 Å². The molecule has 1 heterocycles. The number of hydrogen-bond donors (Lipinski definition) is 0. The lowest BCUT2D eigenvalue weighted by Gasteiger charge is -2.34. The van der Waals surface area contributed by atoms with Gasteiger partial charge in [0.15, 0.2) is 0 Å². The van der Waals surface area contributed by atoms with Crippen molar-refractivity contribution in [3.63, 3.8) is 0 Å². The van der Waals surface area contributed by atoms with Gasteiger partial charge in [-0.1, -0.05) is 13.8 Å². The lowest BCUT2D eigenvalue weighted by atomic mass is 9.87. The van der Waals surface area contributed by atoms with E-state index in [0.717, 1.165) is 37.8 Å². The molecule has 0 aromatic rings. The fourth-order valence-corrected chi connectivity index (χ4v) is 2.08. The molecule has 0 N–H and O–H groups in total. The highest BCUT2D eigenvalue weighted by atomic mass is 16.6. The second-order valence-electron chi connectivity index (χ2n) is 6.05. The first-order chi connectivity index (χ1) is 7.29. The molecule has 0 atom stereocenters. The summed E-state index contributed by atoms with van der Waals surface area (Å²) < 4.78 is 5.36. The summed E-state index contributed by atoms with van der Waals surface area (Å²) in [5, 5.41) is 0. The molecule has 0 radical (unpaired) electrons. The average Bonchev–Trinajstić information content (AvgIpc) is 2.15. The van der Waals surface area contributed by atoms with Gasteiger partial charge in [0.1, 0.15) is 5.60 Å². The summed E-state index contributed by atoms with van der Waals surface area (Å²) in [6.45, 7) is 11.9. The van der Waals surface area contributed by atoms with E-state index < -0.39 is 0 Å². The second kappa shape index (κ2) is 5.07. The predicted molar refractivity (Wildman–Crippen MR) is 65.4 cm³/mol. The fraction of sp³-hybridized carbons (Fsp3) is 0.923. The molecule has 3 heteroatoms. The van der Waals surface area contributed by atoms with Crippen molar-refractivity contribution >= 4 is 6.09 Å². The van der Waals surface area contributed by atoms with Crippen molar-refractivity contribution in [2.75, 3.05) is 13.1 Å². The number of ether oxygens (including phenoxy) is 1. The summed E-state index contributed by atoms with van der Waals surface area (Å²) in [5.74, 6) is 1.49. The first-order valence-electron chi connectivity index (χ1n) is 6.27. The average molecular weight is 227 g/mol. The van der Waals surface area contributed by atoms with E-state index in [0.29, 0.717) is 0 Å². The molecule has 0 saturated carbocycles. The van der Waals surface area contributed by atoms with Crippen LogP contribution in [0.15, 0.2) is 0 Å². The maximum Gasteiger partial charge on any atom is 0.410 e. The van der Waals surface area contributed by atoms with Crippen LogP contribution in [0, 0.1) is 11.8 Å². The summed E-state index contributed by atoms with van der Waals surface area (Å²) >= 11 is 0. The standard InChI is InChI=1S/C13H25NO2/c1-10(2)11-6-8-14(9-7-11)12(15)16-13(3,4)5/h10-11H,6-9H2,1-5H3. The van der Waals surface area contributed by atoms with Crippen LogP contribution in [0.2, 0.25) is 0 Å². The van der Waals surface area contributed by atoms with Crippen LogP contribution in [0.4, 0.5) is 4.79 Å². The van der Waals surface area contributed by atoms with Crippen molar-refractivity contribution < 1.29 is 9.53 Å². The van der Waals surface area contributed by atoms with E-state index in [2.05, 4.69) is 13.8 Å². The normalized spacial score (nSPS) is 19.0. The summed E-state index contributed by atoms with van der Waals surface area (Å²) in [6.07, 6.45) is 2.06. The summed E-state index contributed by atoms with van der Waals surface area (Å²) in [4.78, 5) is 13.6. The molecule has 1 rings (SSSR count). The highest BCUT2D eigenvalue weighted by molar-refractivity contribution is 5.68. The topological polar surface area (TPSA) is 29.5 Å². The first-order valence-corrected chi connectivity index (χ1v) is 6.27. The molecule has 0 unspecified atom stereocenters. The molecule has 1 saturated heterocycles. The van der Waals surface area contributed by atoms with Crippen LogP contribution in [0.25, 0.3) is 0 Å². The molecule has 16 heavy (non-hydrogen) atoms. The van der Waals surface area contributed by atoms with E-state index >= 15 is 0 Å². The van der Waals surface area contributed by atoms with Crippen LogP contribution in [0.1, 0.15) is 47.5 Å². The summed E-state index contributed by atoms with van der Waals surface area (Å²) in [6, 6.07) is 0. The molecular weight excluding hydrogens is 202 g/mol. The van der Waals surface area contributed by atoms with Crippen molar-refractivity contribution in [1.29, 1.82) is 0 Å². The maximum atomic E-state index is 11.8. The van der Waals surface area contributed by atoms with E-state index in [4.69, 9.17) is 4.74 Å². The lowest BCUT2D eigenvalue weighted by molar-refractivity contribution is 0.0166. The van der Waals surface area contributed by atoms with Crippen molar-refractivity contribution in [2.24, 2.45) is 11.8 Å². The monoisotopic (exact) mass is 227 g/mol. The maximum absolute atomic E-state index is 11.8. The van der Waals surface area contributed by atoms with E-state index in [1.54, 1.807) is 0 Å². The smallest absolute Gasteiger partial charge is 0.410 e. The molecule has 94 valence electrons. The molecule has 3 nitrogen and oxygen atoms in total. The molecule has 0 spiro atoms. The minimum Gasteiger partial charge on any atom is -0.444 e. The molecule has 1 aliphatic rings. The minimum absolute atomic E-state index is 0.158. The van der Waals surface area contributed by atoms with E-state index in [9.17, 15) is 4.79 Å². The van der Waals surface area contributed by atoms with Gasteiger partial charge in [-0.3, -0.25) is 0 Å². The molecule has 1 aliphatic heterocycles. The molecule has 0 aromatic heterocycles. The Morgan fingerprint density at radius 3 is 2.12 bits per heavy atom. The third kappa shape index (κ3) is 4.03. The van der Waals surface area contributed by atoms with Gasteiger partial charge in [0.05, 0.1) is 0 Å². The third-order valence-electron chi connectivity index (χ3n) is 3.13. The Kier molecular flexibility index (Phi) is 4.22. The molecule has 1 amide bonds. The zero-order valence-electron chi connectivity index (χ0n) is 11.2. The van der Waals surface area contributed by atoms with E-state index in [-0.39, 0.29) is 11.7 Å². The number of hydrogen-bond acceptors (Lipinski definition) is 2. The number of carbonyl (C=O) groups excluding carboxylic acids is 1. The Bertz CT molecular complexity index is 235.